The molecule has 1 atom stereocenters. The molecule has 0 radical (unpaired) electrons. The first kappa shape index (κ1) is 12.2. The first-order valence-electron chi connectivity index (χ1n) is 5.65. The maximum atomic E-state index is 5.23. The number of rotatable bonds is 7. The number of methoxy groups -OCH3 is 1. The van der Waals surface area contributed by atoms with Crippen LogP contribution in [0.2, 0.25) is 0 Å². The van der Waals surface area contributed by atoms with Crippen LogP contribution in [0, 0.1) is 0 Å². The van der Waals surface area contributed by atoms with Crippen LogP contribution >= 0.6 is 0 Å². The van der Waals surface area contributed by atoms with Crippen LogP contribution in [0.25, 0.3) is 0 Å². The van der Waals surface area contributed by atoms with E-state index in [0.717, 1.165) is 13.2 Å². The summed E-state index contributed by atoms with van der Waals surface area (Å²) >= 11 is 0. The summed E-state index contributed by atoms with van der Waals surface area (Å²) in [5, 5.41) is 3.51. The zero-order valence-corrected chi connectivity index (χ0v) is 9.70. The highest BCUT2D eigenvalue weighted by molar-refractivity contribution is 5.18. The topological polar surface area (TPSA) is 21.3 Å². The minimum Gasteiger partial charge on any atom is -0.383 e. The molecule has 0 aliphatic carbocycles. The molecule has 1 rings (SSSR count). The summed E-state index contributed by atoms with van der Waals surface area (Å²) in [6.45, 7) is 3.99. The summed E-state index contributed by atoms with van der Waals surface area (Å²) in [4.78, 5) is 0. The van der Waals surface area contributed by atoms with Crippen LogP contribution in [0.3, 0.4) is 0 Å². The van der Waals surface area contributed by atoms with Crippen LogP contribution in [0.4, 0.5) is 0 Å². The summed E-state index contributed by atoms with van der Waals surface area (Å²) in [7, 11) is 1.75. The lowest BCUT2D eigenvalue weighted by Crippen LogP contribution is -2.26. The van der Waals surface area contributed by atoms with Gasteiger partial charge in [0.1, 0.15) is 0 Å². The molecule has 2 nitrogen and oxygen atoms in total. The van der Waals surface area contributed by atoms with Gasteiger partial charge in [0, 0.05) is 7.11 Å². The van der Waals surface area contributed by atoms with E-state index in [0.29, 0.717) is 6.04 Å². The van der Waals surface area contributed by atoms with Gasteiger partial charge < -0.3 is 10.1 Å². The van der Waals surface area contributed by atoms with Crippen molar-refractivity contribution in [1.29, 1.82) is 0 Å². The largest absolute Gasteiger partial charge is 0.383 e. The van der Waals surface area contributed by atoms with E-state index in [1.54, 1.807) is 7.11 Å². The van der Waals surface area contributed by atoms with E-state index >= 15 is 0 Å². The average molecular weight is 207 g/mol. The fraction of sp³-hybridized carbons (Fsp3) is 0.538. The third-order valence-corrected chi connectivity index (χ3v) is 2.46. The number of benzene rings is 1. The first-order chi connectivity index (χ1) is 7.38. The normalized spacial score (nSPS) is 12.7. The van der Waals surface area contributed by atoms with Gasteiger partial charge in [0.15, 0.2) is 0 Å². The fourth-order valence-electron chi connectivity index (χ4n) is 1.58. The molecule has 0 amide bonds. The monoisotopic (exact) mass is 207 g/mol. The summed E-state index contributed by atoms with van der Waals surface area (Å²) < 4.78 is 5.23. The van der Waals surface area contributed by atoms with Gasteiger partial charge in [0.25, 0.3) is 0 Å². The van der Waals surface area contributed by atoms with Gasteiger partial charge in [-0.1, -0.05) is 43.7 Å². The molecule has 1 aromatic carbocycles. The molecule has 0 fully saturated rings. The molecular formula is C13H21NO. The summed E-state index contributed by atoms with van der Waals surface area (Å²) in [6, 6.07) is 10.8. The van der Waals surface area contributed by atoms with Crippen molar-refractivity contribution < 1.29 is 4.74 Å². The number of hydrogen-bond donors (Lipinski definition) is 1. The highest BCUT2D eigenvalue weighted by atomic mass is 16.5. The molecular weight excluding hydrogens is 186 g/mol. The van der Waals surface area contributed by atoms with Gasteiger partial charge in [0.2, 0.25) is 0 Å². The van der Waals surface area contributed by atoms with Gasteiger partial charge in [0.05, 0.1) is 12.6 Å². The van der Waals surface area contributed by atoms with Gasteiger partial charge in [-0.3, -0.25) is 0 Å². The van der Waals surface area contributed by atoms with E-state index in [-0.39, 0.29) is 0 Å². The molecule has 2 heteroatoms. The minimum atomic E-state index is 0.322. The van der Waals surface area contributed by atoms with E-state index < -0.39 is 0 Å². The minimum absolute atomic E-state index is 0.322. The van der Waals surface area contributed by atoms with Gasteiger partial charge in [-0.2, -0.15) is 0 Å². The van der Waals surface area contributed by atoms with Crippen molar-refractivity contribution in [3.05, 3.63) is 35.9 Å². The predicted octanol–water partition coefficient (Wildman–Crippen LogP) is 2.76. The predicted molar refractivity (Wildman–Crippen MR) is 64.0 cm³/mol. The molecule has 1 N–H and O–H groups in total. The van der Waals surface area contributed by atoms with E-state index in [1.165, 1.54) is 18.4 Å². The van der Waals surface area contributed by atoms with Crippen molar-refractivity contribution in [2.24, 2.45) is 0 Å². The van der Waals surface area contributed by atoms with Crippen molar-refractivity contribution in [2.75, 3.05) is 20.3 Å². The molecule has 0 bridgehead atoms. The Morgan fingerprint density at radius 3 is 2.60 bits per heavy atom. The number of ether oxygens (including phenoxy) is 1. The van der Waals surface area contributed by atoms with Gasteiger partial charge in [-0.05, 0) is 18.5 Å². The zero-order chi connectivity index (χ0) is 10.9. The summed E-state index contributed by atoms with van der Waals surface area (Å²) in [5.41, 5.74) is 1.30. The van der Waals surface area contributed by atoms with Crippen LogP contribution in [-0.4, -0.2) is 20.3 Å². The second-order valence-electron chi connectivity index (χ2n) is 3.73. The van der Waals surface area contributed by atoms with Crippen LogP contribution in [-0.2, 0) is 4.74 Å². The standard InChI is InChI=1S/C13H21NO/c1-3-4-10-14-13(11-15-2)12-8-6-5-7-9-12/h5-9,13-14H,3-4,10-11H2,1-2H3. The van der Waals surface area contributed by atoms with E-state index in [1.807, 2.05) is 6.07 Å². The van der Waals surface area contributed by atoms with E-state index in [9.17, 15) is 0 Å². The number of unbranched alkanes of at least 4 members (excludes halogenated alkanes) is 1. The van der Waals surface area contributed by atoms with Crippen molar-refractivity contribution in [3.8, 4) is 0 Å². The Labute approximate surface area is 92.6 Å². The third-order valence-electron chi connectivity index (χ3n) is 2.46. The van der Waals surface area contributed by atoms with Crippen LogP contribution in [0.15, 0.2) is 30.3 Å². The molecule has 0 aliphatic heterocycles. The molecule has 0 aliphatic rings. The molecule has 0 saturated heterocycles. The number of hydrogen-bond acceptors (Lipinski definition) is 2. The highest BCUT2D eigenvalue weighted by Gasteiger charge is 2.08. The molecule has 1 aromatic rings. The van der Waals surface area contributed by atoms with Gasteiger partial charge >= 0.3 is 0 Å². The SMILES string of the molecule is CCCCNC(COC)c1ccccc1. The molecule has 84 valence electrons. The van der Waals surface area contributed by atoms with Crippen LogP contribution in [0.5, 0.6) is 0 Å². The molecule has 0 saturated carbocycles. The maximum Gasteiger partial charge on any atom is 0.0657 e. The fourth-order valence-corrected chi connectivity index (χ4v) is 1.58. The molecule has 0 heterocycles. The lowest BCUT2D eigenvalue weighted by molar-refractivity contribution is 0.167. The molecule has 0 spiro atoms. The van der Waals surface area contributed by atoms with Crippen LogP contribution < -0.4 is 5.32 Å². The Hall–Kier alpha value is -0.860. The zero-order valence-electron chi connectivity index (χ0n) is 9.70. The van der Waals surface area contributed by atoms with Crippen LogP contribution in [0.1, 0.15) is 31.4 Å². The van der Waals surface area contributed by atoms with Crippen molar-refractivity contribution in [1.82, 2.24) is 5.32 Å². The Bertz CT molecular complexity index is 248. The van der Waals surface area contributed by atoms with E-state index in [4.69, 9.17) is 4.74 Å². The van der Waals surface area contributed by atoms with Crippen molar-refractivity contribution >= 4 is 0 Å². The first-order valence-corrected chi connectivity index (χ1v) is 5.65. The van der Waals surface area contributed by atoms with Gasteiger partial charge in [-0.25, -0.2) is 0 Å². The number of nitrogens with one attached hydrogen (secondary N) is 1. The quantitative estimate of drug-likeness (QED) is 0.694. The highest BCUT2D eigenvalue weighted by Crippen LogP contribution is 2.12. The van der Waals surface area contributed by atoms with Crippen molar-refractivity contribution in [2.45, 2.75) is 25.8 Å². The Balaban J connectivity index is 2.50. The Morgan fingerprint density at radius 1 is 1.27 bits per heavy atom. The smallest absolute Gasteiger partial charge is 0.0657 e. The molecule has 15 heavy (non-hydrogen) atoms. The lowest BCUT2D eigenvalue weighted by Gasteiger charge is -2.18. The second kappa shape index (κ2) is 7.43. The van der Waals surface area contributed by atoms with Crippen molar-refractivity contribution in [3.63, 3.8) is 0 Å². The second-order valence-corrected chi connectivity index (χ2v) is 3.73. The Morgan fingerprint density at radius 2 is 2.00 bits per heavy atom. The summed E-state index contributed by atoms with van der Waals surface area (Å²) in [5.74, 6) is 0. The Kier molecular flexibility index (Phi) is 6.05. The summed E-state index contributed by atoms with van der Waals surface area (Å²) in [6.07, 6.45) is 2.44. The third kappa shape index (κ3) is 4.45. The maximum absolute atomic E-state index is 5.23. The van der Waals surface area contributed by atoms with Gasteiger partial charge in [-0.15, -0.1) is 0 Å². The average Bonchev–Trinajstić information content (AvgIpc) is 2.29. The molecule has 1 unspecified atom stereocenters. The molecule has 0 aromatic heterocycles. The lowest BCUT2D eigenvalue weighted by atomic mass is 10.1. The van der Waals surface area contributed by atoms with E-state index in [2.05, 4.69) is 36.5 Å².